The second-order valence-electron chi connectivity index (χ2n) is 25.3. The number of amides is 12. The summed E-state index contributed by atoms with van der Waals surface area (Å²) in [5, 5.41) is 86.0. The summed E-state index contributed by atoms with van der Waals surface area (Å²) in [6.45, 7) is 3.55. The number of guanidine groups is 1. The van der Waals surface area contributed by atoms with Crippen molar-refractivity contribution >= 4 is 101 Å². The second-order valence-corrected chi connectivity index (χ2v) is 25.3. The van der Waals surface area contributed by atoms with Crippen LogP contribution in [0, 0.1) is 17.2 Å². The lowest BCUT2D eigenvalue weighted by Gasteiger charge is -2.26. The third-order valence-electron chi connectivity index (χ3n) is 16.0. The maximum Gasteiger partial charge on any atom is 0.305 e. The topological polar surface area (TPSA) is 617 Å². The first-order valence-corrected chi connectivity index (χ1v) is 34.0. The number of nitrogens with two attached hydrogens (primary N) is 2. The van der Waals surface area contributed by atoms with Crippen molar-refractivity contribution in [3.8, 4) is 0 Å². The fourth-order valence-corrected chi connectivity index (χ4v) is 10.6. The Morgan fingerprint density at radius 2 is 1.11 bits per heavy atom. The SMILES string of the molecule is CCCCn1cc(CC(N)C(=O)NCC(=O)NC(Cc2ccccc2)C(=O)NC(CC(C)C)C(=O)NC[C@@H](CC(=O)O)C(=O)N[C@@H](CC(=O)O)C(=O)N[C@@H](CC(=O)O)C(=O)NCCCCC2NC(=O)[C@@H](Cc3ccccc3)NC(=O)CNC(=O)[C@H](CC(=O)O)NC(=O)C(CCCNC(=N)N)NC2=O)nn1. The van der Waals surface area contributed by atoms with Crippen molar-refractivity contribution in [1.82, 2.24) is 84.1 Å². The van der Waals surface area contributed by atoms with Crippen molar-refractivity contribution in [3.63, 3.8) is 0 Å². The molecule has 39 nitrogen and oxygen atoms in total. The summed E-state index contributed by atoms with van der Waals surface area (Å²) in [6, 6.07) is 2.56. The van der Waals surface area contributed by atoms with Gasteiger partial charge in [0.15, 0.2) is 5.96 Å². The molecule has 1 aliphatic rings. The molecule has 0 radical (unpaired) electrons. The zero-order valence-electron chi connectivity index (χ0n) is 58.4. The monoisotopic (exact) mass is 1470 g/mol. The quantitative estimate of drug-likeness (QED) is 0.0143. The van der Waals surface area contributed by atoms with Crippen LogP contribution in [0.25, 0.3) is 0 Å². The zero-order valence-corrected chi connectivity index (χ0v) is 58.4. The van der Waals surface area contributed by atoms with Crippen LogP contribution in [0.3, 0.4) is 0 Å². The van der Waals surface area contributed by atoms with E-state index in [9.17, 15) is 97.1 Å². The fourth-order valence-electron chi connectivity index (χ4n) is 10.6. The number of nitrogens with zero attached hydrogens (tertiary/aromatic N) is 3. The Bertz CT molecular complexity index is 3530. The molecule has 1 saturated heterocycles. The lowest BCUT2D eigenvalue weighted by molar-refractivity contribution is -0.144. The van der Waals surface area contributed by atoms with Crippen molar-refractivity contribution in [2.75, 3.05) is 32.7 Å². The van der Waals surface area contributed by atoms with Crippen LogP contribution in [-0.4, -0.2) is 223 Å². The van der Waals surface area contributed by atoms with Crippen LogP contribution in [0.15, 0.2) is 66.9 Å². The van der Waals surface area contributed by atoms with Crippen LogP contribution in [-0.2, 0) is 103 Å². The summed E-state index contributed by atoms with van der Waals surface area (Å²) < 4.78 is 1.62. The van der Waals surface area contributed by atoms with Crippen LogP contribution in [0.4, 0.5) is 0 Å². The van der Waals surface area contributed by atoms with Gasteiger partial charge < -0.3 is 101 Å². The number of benzene rings is 2. The Hall–Kier alpha value is -11.7. The predicted octanol–water partition coefficient (Wildman–Crippen LogP) is -5.22. The number of hydrogen-bond donors (Lipinski definition) is 20. The Labute approximate surface area is 603 Å². The highest BCUT2D eigenvalue weighted by molar-refractivity contribution is 6.00. The van der Waals surface area contributed by atoms with Gasteiger partial charge in [0.05, 0.1) is 56.4 Å². The Morgan fingerprint density at radius 3 is 1.70 bits per heavy atom. The molecule has 0 saturated carbocycles. The van der Waals surface area contributed by atoms with E-state index < -0.39 is 206 Å². The van der Waals surface area contributed by atoms with Crippen LogP contribution in [0.1, 0.15) is 115 Å². The lowest BCUT2D eigenvalue weighted by atomic mass is 10.00. The number of carboxylic acid groups (broad SMARTS) is 4. The van der Waals surface area contributed by atoms with E-state index in [0.29, 0.717) is 23.4 Å². The van der Waals surface area contributed by atoms with E-state index in [1.807, 2.05) is 6.92 Å². The van der Waals surface area contributed by atoms with Crippen molar-refractivity contribution < 1.29 is 97.1 Å². The minimum Gasteiger partial charge on any atom is -0.481 e. The van der Waals surface area contributed by atoms with Gasteiger partial charge in [-0.1, -0.05) is 93.1 Å². The Kier molecular flexibility index (Phi) is 36.5. The summed E-state index contributed by atoms with van der Waals surface area (Å²) in [5.74, 6) is -21.1. The zero-order chi connectivity index (χ0) is 77.7. The van der Waals surface area contributed by atoms with Gasteiger partial charge in [0.1, 0.15) is 48.3 Å². The van der Waals surface area contributed by atoms with Gasteiger partial charge in [0.25, 0.3) is 0 Å². The summed E-state index contributed by atoms with van der Waals surface area (Å²) in [5.41, 5.74) is 13.1. The van der Waals surface area contributed by atoms with Gasteiger partial charge in [-0.3, -0.25) is 86.8 Å². The van der Waals surface area contributed by atoms with Gasteiger partial charge in [-0.25, -0.2) is 0 Å². The molecule has 3 aromatic rings. The highest BCUT2D eigenvalue weighted by atomic mass is 16.4. The molecule has 105 heavy (non-hydrogen) atoms. The van der Waals surface area contributed by atoms with E-state index in [-0.39, 0.29) is 76.8 Å². The number of carbonyl (C=O) groups is 16. The number of aryl methyl sites for hydroxylation is 1. The molecule has 1 aromatic heterocycles. The standard InChI is InChI=1S/C66H95N19O20/c1-4-5-23-85-35-40(83-84-85)28-41(67)57(97)73-33-50(86)76-46(26-38-17-10-7-11-18-38)64(104)80-44(24-36(2)3)59(99)72-32-39(27-52(88)89)56(96)79-49(31-55(94)95)65(105)82-47(29-53(90)91)58(98)70-21-13-12-19-42-61(101)77-43(20-14-22-71-66(68)69)62(102)81-48(30-54(92)93)60(100)74-34-51(87)75-45(63(103)78-42)25-37-15-8-6-9-16-37/h6-11,15-18,35-36,39,41-49H,4-5,12-14,19-34,67H2,1-3H3,(H,70,98)(H,72,99)(H,73,97)(H,74,100)(H,75,87)(H,76,86)(H,77,101)(H,78,103)(H,79,96)(H,80,104)(H,81,102)(H,82,105)(H,88,89)(H,90,91)(H,92,93)(H,94,95)(H4,68,69,71)/t39-,41?,42?,43?,44?,45-,46?,47+,48+,49+/m1/s1. The van der Waals surface area contributed by atoms with Crippen molar-refractivity contribution in [1.29, 1.82) is 5.41 Å². The number of aliphatic carboxylic acids is 4. The molecule has 2 aromatic carbocycles. The first kappa shape index (κ1) is 85.7. The molecule has 0 bridgehead atoms. The first-order chi connectivity index (χ1) is 49.8. The minimum absolute atomic E-state index is 0.00942. The smallest absolute Gasteiger partial charge is 0.305 e. The van der Waals surface area contributed by atoms with Gasteiger partial charge >= 0.3 is 23.9 Å². The third kappa shape index (κ3) is 32.9. The number of unbranched alkanes of at least 4 members (excludes halogenated alkanes) is 2. The van der Waals surface area contributed by atoms with E-state index in [1.165, 1.54) is 0 Å². The summed E-state index contributed by atoms with van der Waals surface area (Å²) >= 11 is 0. The Balaban J connectivity index is 1.47. The number of nitrogens with one attached hydrogen (secondary N) is 14. The molecule has 5 unspecified atom stereocenters. The number of carboxylic acids is 4. The molecule has 12 amide bonds. The molecule has 1 aliphatic heterocycles. The van der Waals surface area contributed by atoms with Crippen molar-refractivity contribution in [2.45, 2.75) is 178 Å². The number of hydrogen-bond acceptors (Lipinski definition) is 20. The van der Waals surface area contributed by atoms with Crippen molar-refractivity contribution in [2.24, 2.45) is 23.3 Å². The second kappa shape index (κ2) is 44.7. The minimum atomic E-state index is -2.12. The molecule has 22 N–H and O–H groups in total. The molecule has 4 rings (SSSR count). The van der Waals surface area contributed by atoms with Gasteiger partial charge in [-0.05, 0) is 62.0 Å². The average molecular weight is 1470 g/mol. The number of carbonyl (C=O) groups excluding carboxylic acids is 12. The average Bonchev–Trinajstić information content (AvgIpc) is 1.56. The number of aromatic nitrogens is 3. The predicted molar refractivity (Wildman–Crippen MR) is 369 cm³/mol. The maximum atomic E-state index is 14.3. The van der Waals surface area contributed by atoms with Gasteiger partial charge in [0.2, 0.25) is 70.9 Å². The molecule has 2 heterocycles. The highest BCUT2D eigenvalue weighted by Crippen LogP contribution is 2.14. The van der Waals surface area contributed by atoms with E-state index in [0.717, 1.165) is 12.8 Å². The molecule has 574 valence electrons. The fraction of sp³-hybridized carbons (Fsp3) is 0.530. The summed E-state index contributed by atoms with van der Waals surface area (Å²) in [7, 11) is 0. The number of rotatable bonds is 42. The normalized spacial score (nSPS) is 17.3. The van der Waals surface area contributed by atoms with Gasteiger partial charge in [-0.2, -0.15) is 0 Å². The Morgan fingerprint density at radius 1 is 0.571 bits per heavy atom. The van der Waals surface area contributed by atoms with Gasteiger partial charge in [0, 0.05) is 51.6 Å². The molecular formula is C66H95N19O20. The molecule has 0 spiro atoms. The molecule has 1 fully saturated rings. The van der Waals surface area contributed by atoms with Crippen LogP contribution in [0.5, 0.6) is 0 Å². The lowest BCUT2D eigenvalue weighted by Crippen LogP contribution is -2.58. The largest absolute Gasteiger partial charge is 0.481 e. The van der Waals surface area contributed by atoms with E-state index in [4.69, 9.17) is 16.9 Å². The van der Waals surface area contributed by atoms with Crippen LogP contribution >= 0.6 is 0 Å². The highest BCUT2D eigenvalue weighted by Gasteiger charge is 2.37. The third-order valence-corrected chi connectivity index (χ3v) is 16.0. The molecule has 39 heteroatoms. The van der Waals surface area contributed by atoms with E-state index >= 15 is 0 Å². The first-order valence-electron chi connectivity index (χ1n) is 34.0. The van der Waals surface area contributed by atoms with Crippen LogP contribution in [0.2, 0.25) is 0 Å². The maximum absolute atomic E-state index is 14.3. The van der Waals surface area contributed by atoms with Gasteiger partial charge in [-0.15, -0.1) is 5.10 Å². The van der Waals surface area contributed by atoms with Crippen LogP contribution < -0.4 is 80.6 Å². The summed E-state index contributed by atoms with van der Waals surface area (Å²) in [6.07, 6.45) is -1.69. The molecular weight excluding hydrogens is 1380 g/mol. The van der Waals surface area contributed by atoms with E-state index in [1.54, 1.807) is 85.4 Å². The molecule has 0 aliphatic carbocycles. The summed E-state index contributed by atoms with van der Waals surface area (Å²) in [4.78, 5) is 213. The van der Waals surface area contributed by atoms with E-state index in [2.05, 4.69) is 79.4 Å². The van der Waals surface area contributed by atoms with Crippen molar-refractivity contribution in [3.05, 3.63) is 83.7 Å². The molecule has 10 atom stereocenters.